The fourth-order valence-corrected chi connectivity index (χ4v) is 1.28. The maximum atomic E-state index is 11.4. The molecule has 0 aliphatic carbocycles. The van der Waals surface area contributed by atoms with Gasteiger partial charge in [0, 0.05) is 13.5 Å². The highest BCUT2D eigenvalue weighted by molar-refractivity contribution is 5.74. The Morgan fingerprint density at radius 3 is 2.76 bits per heavy atom. The number of anilines is 1. The molecule has 1 aromatic carbocycles. The van der Waals surface area contributed by atoms with Gasteiger partial charge < -0.3 is 10.5 Å². The number of amides is 1. The minimum Gasteiger partial charge on any atom is -0.491 e. The molecule has 0 fully saturated rings. The highest BCUT2D eigenvalue weighted by Gasteiger charge is 2.07. The zero-order chi connectivity index (χ0) is 12.7. The second-order valence-corrected chi connectivity index (χ2v) is 3.56. The molecule has 5 heteroatoms. The van der Waals surface area contributed by atoms with Gasteiger partial charge in [-0.05, 0) is 18.6 Å². The van der Waals surface area contributed by atoms with Gasteiger partial charge in [0.2, 0.25) is 5.91 Å². The lowest BCUT2D eigenvalue weighted by molar-refractivity contribution is -0.168. The van der Waals surface area contributed by atoms with E-state index >= 15 is 0 Å². The fourth-order valence-electron chi connectivity index (χ4n) is 1.28. The second-order valence-electron chi connectivity index (χ2n) is 3.56. The molecule has 0 spiro atoms. The van der Waals surface area contributed by atoms with E-state index in [0.717, 1.165) is 0 Å². The number of nitrogens with zero attached hydrogens (tertiary/aromatic N) is 1. The quantitative estimate of drug-likeness (QED) is 0.463. The van der Waals surface area contributed by atoms with Crippen molar-refractivity contribution in [1.29, 1.82) is 0 Å². The molecule has 2 N–H and O–H groups in total. The Morgan fingerprint density at radius 1 is 1.41 bits per heavy atom. The zero-order valence-corrected chi connectivity index (χ0v) is 10.2. The minimum atomic E-state index is -0.0721. The van der Waals surface area contributed by atoms with Crippen molar-refractivity contribution < 1.29 is 14.4 Å². The third-order valence-corrected chi connectivity index (χ3v) is 2.34. The van der Waals surface area contributed by atoms with Crippen LogP contribution in [0.3, 0.4) is 0 Å². The van der Waals surface area contributed by atoms with Crippen LogP contribution < -0.4 is 10.5 Å². The molecule has 1 aromatic rings. The van der Waals surface area contributed by atoms with Gasteiger partial charge in [0.05, 0.1) is 19.4 Å². The van der Waals surface area contributed by atoms with E-state index in [-0.39, 0.29) is 5.91 Å². The predicted octanol–water partition coefficient (Wildman–Crippen LogP) is 1.45. The third-order valence-electron chi connectivity index (χ3n) is 2.34. The molecule has 94 valence electrons. The average molecular weight is 238 g/mol. The van der Waals surface area contributed by atoms with Crippen molar-refractivity contribution in [3.63, 3.8) is 0 Å². The van der Waals surface area contributed by atoms with Crippen LogP contribution in [-0.2, 0) is 9.63 Å². The first-order valence-corrected chi connectivity index (χ1v) is 5.43. The monoisotopic (exact) mass is 238 g/mol. The van der Waals surface area contributed by atoms with E-state index in [0.29, 0.717) is 30.9 Å². The van der Waals surface area contributed by atoms with Gasteiger partial charge in [0.25, 0.3) is 0 Å². The topological polar surface area (TPSA) is 64.8 Å². The molecular formula is C12H18N2O3. The van der Waals surface area contributed by atoms with Crippen molar-refractivity contribution in [2.75, 3.05) is 26.5 Å². The second kappa shape index (κ2) is 6.75. The van der Waals surface area contributed by atoms with Crippen molar-refractivity contribution >= 4 is 11.6 Å². The number of nitrogens with two attached hydrogens (primary N) is 1. The number of nitrogen functional groups attached to an aromatic ring is 1. The highest BCUT2D eigenvalue weighted by atomic mass is 16.7. The lowest BCUT2D eigenvalue weighted by atomic mass is 10.3. The summed E-state index contributed by atoms with van der Waals surface area (Å²) < 4.78 is 5.46. The molecule has 17 heavy (non-hydrogen) atoms. The van der Waals surface area contributed by atoms with Crippen LogP contribution in [-0.4, -0.2) is 31.7 Å². The van der Waals surface area contributed by atoms with Gasteiger partial charge >= 0.3 is 0 Å². The van der Waals surface area contributed by atoms with Crippen molar-refractivity contribution in [2.24, 2.45) is 0 Å². The average Bonchev–Trinajstić information content (AvgIpc) is 2.35. The minimum absolute atomic E-state index is 0.0721. The smallest absolute Gasteiger partial charge is 0.245 e. The van der Waals surface area contributed by atoms with E-state index < -0.39 is 0 Å². The molecule has 5 nitrogen and oxygen atoms in total. The molecule has 0 atom stereocenters. The molecule has 0 heterocycles. The summed E-state index contributed by atoms with van der Waals surface area (Å²) >= 11 is 0. The Hall–Kier alpha value is -1.75. The number of rotatable bonds is 6. The Kier molecular flexibility index (Phi) is 5.29. The predicted molar refractivity (Wildman–Crippen MR) is 65.4 cm³/mol. The highest BCUT2D eigenvalue weighted by Crippen LogP contribution is 2.19. The van der Waals surface area contributed by atoms with Gasteiger partial charge in [-0.3, -0.25) is 9.63 Å². The summed E-state index contributed by atoms with van der Waals surface area (Å²) in [4.78, 5) is 16.1. The van der Waals surface area contributed by atoms with Gasteiger partial charge in [-0.2, -0.15) is 0 Å². The van der Waals surface area contributed by atoms with E-state index in [1.807, 2.05) is 12.1 Å². The molecule has 0 aromatic heterocycles. The van der Waals surface area contributed by atoms with Gasteiger partial charge in [-0.15, -0.1) is 0 Å². The number of carbonyl (C=O) groups is 1. The number of ether oxygens (including phenoxy) is 1. The molecule has 0 bridgehead atoms. The number of para-hydroxylation sites is 2. The number of hydrogen-bond donors (Lipinski definition) is 1. The fraction of sp³-hybridized carbons (Fsp3) is 0.417. The van der Waals surface area contributed by atoms with Crippen LogP contribution in [0.4, 0.5) is 5.69 Å². The summed E-state index contributed by atoms with van der Waals surface area (Å²) in [5.74, 6) is 0.581. The van der Waals surface area contributed by atoms with Gasteiger partial charge in [-0.25, -0.2) is 5.06 Å². The van der Waals surface area contributed by atoms with Crippen LogP contribution in [0.2, 0.25) is 0 Å². The van der Waals surface area contributed by atoms with Crippen molar-refractivity contribution in [2.45, 2.75) is 12.8 Å². The molecule has 0 aliphatic rings. The Balaban J connectivity index is 2.25. The van der Waals surface area contributed by atoms with Crippen LogP contribution in [0.5, 0.6) is 5.75 Å². The summed E-state index contributed by atoms with van der Waals surface area (Å²) in [6.45, 7) is 0.456. The Morgan fingerprint density at radius 2 is 2.12 bits per heavy atom. The standard InChI is InChI=1S/C12H18N2O3/c1-14(16-2)12(15)8-5-9-17-11-7-4-3-6-10(11)13/h3-4,6-7H,5,8-9,13H2,1-2H3. The van der Waals surface area contributed by atoms with Crippen LogP contribution in [0.15, 0.2) is 24.3 Å². The first-order chi connectivity index (χ1) is 8.15. The summed E-state index contributed by atoms with van der Waals surface area (Å²) in [6.07, 6.45) is 1.01. The molecule has 0 unspecified atom stereocenters. The molecule has 1 rings (SSSR count). The van der Waals surface area contributed by atoms with Crippen LogP contribution in [0.1, 0.15) is 12.8 Å². The molecule has 0 radical (unpaired) electrons. The third kappa shape index (κ3) is 4.32. The number of benzene rings is 1. The lowest BCUT2D eigenvalue weighted by Gasteiger charge is -2.13. The normalized spacial score (nSPS) is 10.0. The Labute approximate surface area is 101 Å². The molecular weight excluding hydrogens is 220 g/mol. The van der Waals surface area contributed by atoms with Crippen LogP contribution in [0, 0.1) is 0 Å². The van der Waals surface area contributed by atoms with E-state index in [2.05, 4.69) is 0 Å². The Bertz CT molecular complexity index is 369. The van der Waals surface area contributed by atoms with E-state index in [4.69, 9.17) is 15.3 Å². The van der Waals surface area contributed by atoms with Gasteiger partial charge in [0.15, 0.2) is 0 Å². The summed E-state index contributed by atoms with van der Waals surface area (Å²) in [6, 6.07) is 7.28. The maximum absolute atomic E-state index is 11.4. The number of hydroxylamine groups is 2. The summed E-state index contributed by atoms with van der Waals surface area (Å²) in [7, 11) is 3.04. The van der Waals surface area contributed by atoms with Gasteiger partial charge in [0.1, 0.15) is 5.75 Å². The maximum Gasteiger partial charge on any atom is 0.245 e. The number of carbonyl (C=O) groups excluding carboxylic acids is 1. The van der Waals surface area contributed by atoms with E-state index in [9.17, 15) is 4.79 Å². The van der Waals surface area contributed by atoms with Crippen molar-refractivity contribution in [1.82, 2.24) is 5.06 Å². The SMILES string of the molecule is CON(C)C(=O)CCCOc1ccccc1N. The van der Waals surface area contributed by atoms with Crippen LogP contribution >= 0.6 is 0 Å². The molecule has 0 saturated carbocycles. The van der Waals surface area contributed by atoms with E-state index in [1.54, 1.807) is 19.2 Å². The zero-order valence-electron chi connectivity index (χ0n) is 10.2. The number of hydrogen-bond acceptors (Lipinski definition) is 4. The molecule has 0 aliphatic heterocycles. The first-order valence-electron chi connectivity index (χ1n) is 5.43. The largest absolute Gasteiger partial charge is 0.491 e. The first kappa shape index (κ1) is 13.3. The van der Waals surface area contributed by atoms with E-state index in [1.165, 1.54) is 12.2 Å². The molecule has 1 amide bonds. The van der Waals surface area contributed by atoms with Crippen LogP contribution in [0.25, 0.3) is 0 Å². The van der Waals surface area contributed by atoms with Crippen molar-refractivity contribution in [3.8, 4) is 5.75 Å². The van der Waals surface area contributed by atoms with Crippen molar-refractivity contribution in [3.05, 3.63) is 24.3 Å². The summed E-state index contributed by atoms with van der Waals surface area (Å²) in [5, 5.41) is 1.21. The molecule has 0 saturated heterocycles. The lowest BCUT2D eigenvalue weighted by Crippen LogP contribution is -2.25. The van der Waals surface area contributed by atoms with Gasteiger partial charge in [-0.1, -0.05) is 12.1 Å². The summed E-state index contributed by atoms with van der Waals surface area (Å²) in [5.41, 5.74) is 6.32.